The fraction of sp³-hybridized carbons (Fsp3) is 0.500. The first-order chi connectivity index (χ1) is 8.49. The van der Waals surface area contributed by atoms with Gasteiger partial charge in [-0.1, -0.05) is 0 Å². The highest BCUT2D eigenvalue weighted by atomic mass is 19.1. The number of carbonyl (C=O) groups is 1. The van der Waals surface area contributed by atoms with Crippen molar-refractivity contribution >= 4 is 5.91 Å². The van der Waals surface area contributed by atoms with Gasteiger partial charge in [0.15, 0.2) is 0 Å². The molecule has 0 aromatic heterocycles. The van der Waals surface area contributed by atoms with Gasteiger partial charge in [-0.05, 0) is 44.5 Å². The van der Waals surface area contributed by atoms with E-state index in [0.717, 1.165) is 18.7 Å². The molecule has 0 saturated carbocycles. The number of nitrogens with one attached hydrogen (secondary N) is 1. The molecule has 1 aromatic rings. The molecule has 1 aliphatic rings. The fourth-order valence-electron chi connectivity index (χ4n) is 2.54. The summed E-state index contributed by atoms with van der Waals surface area (Å²) in [4.78, 5) is 14.3. The number of carbonyl (C=O) groups excluding carboxylic acids is 1. The molecule has 3 nitrogen and oxygen atoms in total. The van der Waals surface area contributed by atoms with Crippen LogP contribution in [0.4, 0.5) is 4.39 Å². The van der Waals surface area contributed by atoms with Crippen molar-refractivity contribution in [3.63, 3.8) is 0 Å². The Morgan fingerprint density at radius 1 is 1.28 bits per heavy atom. The van der Waals surface area contributed by atoms with Crippen LogP contribution < -0.4 is 5.32 Å². The lowest BCUT2D eigenvalue weighted by atomic mass is 10.1. The lowest BCUT2D eigenvalue weighted by Crippen LogP contribution is -2.57. The Hall–Kier alpha value is -1.42. The molecule has 0 radical (unpaired) electrons. The number of nitrogens with zero attached hydrogens (tertiary/aromatic N) is 1. The topological polar surface area (TPSA) is 32.3 Å². The van der Waals surface area contributed by atoms with E-state index in [2.05, 4.69) is 5.32 Å². The fourth-order valence-corrected chi connectivity index (χ4v) is 2.54. The predicted octanol–water partition coefficient (Wildman–Crippen LogP) is 1.96. The third kappa shape index (κ3) is 2.53. The summed E-state index contributed by atoms with van der Waals surface area (Å²) in [6, 6.07) is 4.75. The third-order valence-electron chi connectivity index (χ3n) is 3.35. The van der Waals surface area contributed by atoms with Gasteiger partial charge < -0.3 is 10.2 Å². The Kier molecular flexibility index (Phi) is 3.66. The summed E-state index contributed by atoms with van der Waals surface area (Å²) in [7, 11) is 0. The second kappa shape index (κ2) is 5.06. The summed E-state index contributed by atoms with van der Waals surface area (Å²) in [6.45, 7) is 7.37. The maximum Gasteiger partial charge on any atom is 0.254 e. The lowest BCUT2D eigenvalue weighted by molar-refractivity contribution is 0.0544. The third-order valence-corrected chi connectivity index (χ3v) is 3.35. The molecule has 1 aromatic carbocycles. The molecule has 2 unspecified atom stereocenters. The van der Waals surface area contributed by atoms with Crippen LogP contribution in [0.2, 0.25) is 0 Å². The minimum absolute atomic E-state index is 0.0842. The Morgan fingerprint density at radius 3 is 2.44 bits per heavy atom. The number of aryl methyl sites for hydroxylation is 1. The molecule has 2 atom stereocenters. The van der Waals surface area contributed by atoms with Crippen molar-refractivity contribution in [3.05, 3.63) is 35.1 Å². The minimum atomic E-state index is -0.353. The van der Waals surface area contributed by atoms with Gasteiger partial charge in [0, 0.05) is 30.7 Å². The van der Waals surface area contributed by atoms with Gasteiger partial charge in [-0.3, -0.25) is 4.79 Å². The summed E-state index contributed by atoms with van der Waals surface area (Å²) in [6.07, 6.45) is 0. The molecule has 1 fully saturated rings. The molecule has 0 spiro atoms. The molecular weight excluding hydrogens is 231 g/mol. The van der Waals surface area contributed by atoms with Crippen LogP contribution >= 0.6 is 0 Å². The summed E-state index contributed by atoms with van der Waals surface area (Å²) < 4.78 is 13.4. The van der Waals surface area contributed by atoms with Crippen LogP contribution in [0.5, 0.6) is 0 Å². The van der Waals surface area contributed by atoms with Gasteiger partial charge in [0.2, 0.25) is 0 Å². The Morgan fingerprint density at radius 2 is 1.89 bits per heavy atom. The van der Waals surface area contributed by atoms with Crippen molar-refractivity contribution in [3.8, 4) is 0 Å². The number of halogens is 1. The van der Waals surface area contributed by atoms with E-state index in [4.69, 9.17) is 0 Å². The molecule has 98 valence electrons. The van der Waals surface area contributed by atoms with E-state index in [1.54, 1.807) is 13.0 Å². The number of rotatable bonds is 1. The Labute approximate surface area is 107 Å². The van der Waals surface area contributed by atoms with Gasteiger partial charge in [-0.25, -0.2) is 4.39 Å². The highest BCUT2D eigenvalue weighted by Gasteiger charge is 2.29. The maximum absolute atomic E-state index is 13.4. The number of piperazine rings is 1. The van der Waals surface area contributed by atoms with Crippen LogP contribution in [-0.2, 0) is 0 Å². The minimum Gasteiger partial charge on any atom is -0.331 e. The molecular formula is C14H19FN2O. The summed E-state index contributed by atoms with van der Waals surface area (Å²) in [5.74, 6) is -0.437. The zero-order valence-electron chi connectivity index (χ0n) is 11.0. The van der Waals surface area contributed by atoms with Crippen LogP contribution in [0.25, 0.3) is 0 Å². The molecule has 1 amide bonds. The normalized spacial score (nSPS) is 24.1. The summed E-state index contributed by atoms with van der Waals surface area (Å²) in [5, 5.41) is 3.28. The highest BCUT2D eigenvalue weighted by molar-refractivity contribution is 5.95. The van der Waals surface area contributed by atoms with Crippen LogP contribution in [0, 0.1) is 12.7 Å². The zero-order chi connectivity index (χ0) is 13.3. The monoisotopic (exact) mass is 250 g/mol. The zero-order valence-corrected chi connectivity index (χ0v) is 11.0. The van der Waals surface area contributed by atoms with Crippen molar-refractivity contribution in [1.82, 2.24) is 10.2 Å². The smallest absolute Gasteiger partial charge is 0.254 e. The average Bonchev–Trinajstić information content (AvgIpc) is 2.27. The molecule has 1 saturated heterocycles. The molecule has 18 heavy (non-hydrogen) atoms. The molecule has 1 heterocycles. The largest absolute Gasteiger partial charge is 0.331 e. The van der Waals surface area contributed by atoms with Gasteiger partial charge in [0.25, 0.3) is 5.91 Å². The van der Waals surface area contributed by atoms with Gasteiger partial charge in [0.05, 0.1) is 0 Å². The first-order valence-electron chi connectivity index (χ1n) is 6.29. The summed E-state index contributed by atoms with van der Waals surface area (Å²) >= 11 is 0. The van der Waals surface area contributed by atoms with Crippen molar-refractivity contribution in [1.29, 1.82) is 0 Å². The van der Waals surface area contributed by atoms with Gasteiger partial charge in [-0.2, -0.15) is 0 Å². The molecule has 0 bridgehead atoms. The van der Waals surface area contributed by atoms with E-state index in [1.165, 1.54) is 12.1 Å². The van der Waals surface area contributed by atoms with E-state index >= 15 is 0 Å². The first kappa shape index (κ1) is 13.0. The van der Waals surface area contributed by atoms with Crippen LogP contribution in [0.1, 0.15) is 29.8 Å². The molecule has 1 aliphatic heterocycles. The number of hydrogen-bond donors (Lipinski definition) is 1. The number of hydrogen-bond acceptors (Lipinski definition) is 2. The van der Waals surface area contributed by atoms with Gasteiger partial charge >= 0.3 is 0 Å². The Balaban J connectivity index is 2.29. The second-order valence-corrected chi connectivity index (χ2v) is 5.09. The van der Waals surface area contributed by atoms with Crippen LogP contribution in [0.3, 0.4) is 0 Å². The molecule has 4 heteroatoms. The average molecular weight is 250 g/mol. The van der Waals surface area contributed by atoms with E-state index < -0.39 is 0 Å². The van der Waals surface area contributed by atoms with Crippen LogP contribution in [0.15, 0.2) is 18.2 Å². The van der Waals surface area contributed by atoms with E-state index in [9.17, 15) is 9.18 Å². The predicted molar refractivity (Wildman–Crippen MR) is 69.1 cm³/mol. The second-order valence-electron chi connectivity index (χ2n) is 5.09. The van der Waals surface area contributed by atoms with E-state index in [1.807, 2.05) is 18.7 Å². The standard InChI is InChI=1S/C14H19FN2O/c1-9-4-12(6-13(15)5-9)14(18)17-10(2)7-16-8-11(17)3/h4-6,10-11,16H,7-8H2,1-3H3. The number of amides is 1. The van der Waals surface area contributed by atoms with Gasteiger partial charge in [0.1, 0.15) is 5.82 Å². The summed E-state index contributed by atoms with van der Waals surface area (Å²) in [5.41, 5.74) is 1.21. The SMILES string of the molecule is Cc1cc(F)cc(C(=O)N2C(C)CNCC2C)c1. The van der Waals surface area contributed by atoms with Crippen molar-refractivity contribution in [2.75, 3.05) is 13.1 Å². The van der Waals surface area contributed by atoms with Crippen LogP contribution in [-0.4, -0.2) is 36.0 Å². The van der Waals surface area contributed by atoms with Crippen molar-refractivity contribution < 1.29 is 9.18 Å². The molecule has 2 rings (SSSR count). The lowest BCUT2D eigenvalue weighted by Gasteiger charge is -2.39. The molecule has 1 N–H and O–H groups in total. The molecule has 0 aliphatic carbocycles. The number of benzene rings is 1. The van der Waals surface area contributed by atoms with E-state index in [-0.39, 0.29) is 23.8 Å². The Bertz CT molecular complexity index is 431. The maximum atomic E-state index is 13.4. The van der Waals surface area contributed by atoms with E-state index in [0.29, 0.717) is 5.56 Å². The van der Waals surface area contributed by atoms with Crippen molar-refractivity contribution in [2.45, 2.75) is 32.9 Å². The quantitative estimate of drug-likeness (QED) is 0.826. The van der Waals surface area contributed by atoms with Gasteiger partial charge in [-0.15, -0.1) is 0 Å². The first-order valence-corrected chi connectivity index (χ1v) is 6.29. The van der Waals surface area contributed by atoms with Crippen molar-refractivity contribution in [2.24, 2.45) is 0 Å². The highest BCUT2D eigenvalue weighted by Crippen LogP contribution is 2.17.